The molecule has 3 N–H and O–H groups in total. The molecule has 3 rings (SSSR count). The third kappa shape index (κ3) is 4.76. The first-order valence-corrected chi connectivity index (χ1v) is 9.30. The van der Waals surface area contributed by atoms with Crippen LogP contribution in [0, 0.1) is 12.7 Å². The molecule has 0 saturated carbocycles. The van der Waals surface area contributed by atoms with E-state index < -0.39 is 29.2 Å². The molecule has 31 heavy (non-hydrogen) atoms. The van der Waals surface area contributed by atoms with Gasteiger partial charge in [-0.05, 0) is 26.0 Å². The lowest BCUT2D eigenvalue weighted by atomic mass is 10.1. The van der Waals surface area contributed by atoms with Gasteiger partial charge in [-0.2, -0.15) is 18.3 Å². The molecule has 0 spiro atoms. The molecule has 0 radical (unpaired) electrons. The predicted octanol–water partition coefficient (Wildman–Crippen LogP) is 4.61. The summed E-state index contributed by atoms with van der Waals surface area (Å²) in [5, 5.41) is 12.0. The van der Waals surface area contributed by atoms with E-state index in [0.717, 1.165) is 17.8 Å². The first-order chi connectivity index (χ1) is 14.6. The topological polar surface area (TPSA) is 83.9 Å². The number of carbonyl (C=O) groups is 1. The number of hydrogen-bond acceptors (Lipinski definition) is 5. The molecule has 2 aromatic heterocycles. The molecule has 0 aliphatic heterocycles. The molecule has 0 bridgehead atoms. The smallest absolute Gasteiger partial charge is 0.355 e. The van der Waals surface area contributed by atoms with Gasteiger partial charge in [-0.15, -0.1) is 0 Å². The van der Waals surface area contributed by atoms with E-state index in [-0.39, 0.29) is 17.1 Å². The third-order valence-electron chi connectivity index (χ3n) is 4.41. The summed E-state index contributed by atoms with van der Waals surface area (Å²) in [4.78, 5) is 15.9. The molecule has 0 saturated heterocycles. The number of amides is 1. The van der Waals surface area contributed by atoms with E-state index in [2.05, 4.69) is 26.0 Å². The number of rotatable bonds is 6. The van der Waals surface area contributed by atoms with Crippen molar-refractivity contribution in [1.29, 1.82) is 0 Å². The minimum atomic E-state index is -4.76. The highest BCUT2D eigenvalue weighted by Crippen LogP contribution is 2.38. The van der Waals surface area contributed by atoms with Crippen LogP contribution in [-0.2, 0) is 12.7 Å². The number of benzene rings is 1. The van der Waals surface area contributed by atoms with Crippen LogP contribution in [0.3, 0.4) is 0 Å². The molecule has 3 aromatic rings. The van der Waals surface area contributed by atoms with Gasteiger partial charge in [0.05, 0.1) is 28.2 Å². The second-order valence-corrected chi connectivity index (χ2v) is 6.59. The highest BCUT2D eigenvalue weighted by atomic mass is 19.4. The summed E-state index contributed by atoms with van der Waals surface area (Å²) in [5.41, 5.74) is -1.36. The fourth-order valence-corrected chi connectivity index (χ4v) is 2.98. The fourth-order valence-electron chi connectivity index (χ4n) is 2.98. The molecule has 2 heterocycles. The first kappa shape index (κ1) is 22.1. The summed E-state index contributed by atoms with van der Waals surface area (Å²) >= 11 is 0. The van der Waals surface area contributed by atoms with E-state index >= 15 is 0 Å². The maximum atomic E-state index is 14.4. The molecule has 1 aromatic carbocycles. The average molecular weight is 436 g/mol. The van der Waals surface area contributed by atoms with Crippen LogP contribution < -0.4 is 16.0 Å². The Morgan fingerprint density at radius 2 is 1.94 bits per heavy atom. The van der Waals surface area contributed by atoms with Crippen molar-refractivity contribution in [2.45, 2.75) is 26.6 Å². The summed E-state index contributed by atoms with van der Waals surface area (Å²) in [5.74, 6) is -0.899. The van der Waals surface area contributed by atoms with Gasteiger partial charge in [0.2, 0.25) is 0 Å². The molecule has 1 amide bonds. The Morgan fingerprint density at radius 1 is 1.19 bits per heavy atom. The van der Waals surface area contributed by atoms with Gasteiger partial charge in [0.25, 0.3) is 5.91 Å². The lowest BCUT2D eigenvalue weighted by Gasteiger charge is -2.18. The minimum absolute atomic E-state index is 0.0860. The summed E-state index contributed by atoms with van der Waals surface area (Å²) in [7, 11) is 1.34. The van der Waals surface area contributed by atoms with Crippen LogP contribution in [0.4, 0.5) is 40.6 Å². The first-order valence-electron chi connectivity index (χ1n) is 9.30. The zero-order chi connectivity index (χ0) is 22.8. The van der Waals surface area contributed by atoms with Crippen LogP contribution in [0.25, 0.3) is 0 Å². The van der Waals surface area contributed by atoms with Crippen molar-refractivity contribution in [3.05, 3.63) is 59.2 Å². The van der Waals surface area contributed by atoms with Crippen molar-refractivity contribution in [3.8, 4) is 0 Å². The third-order valence-corrected chi connectivity index (χ3v) is 4.41. The Labute approximate surface area is 175 Å². The molecule has 7 nitrogen and oxygen atoms in total. The van der Waals surface area contributed by atoms with Crippen molar-refractivity contribution < 1.29 is 22.4 Å². The predicted molar refractivity (Wildman–Crippen MR) is 108 cm³/mol. The van der Waals surface area contributed by atoms with E-state index in [1.54, 1.807) is 17.7 Å². The number of hydrogen-bond donors (Lipinski definition) is 3. The number of aryl methyl sites for hydroxylation is 2. The summed E-state index contributed by atoms with van der Waals surface area (Å²) < 4.78 is 56.8. The number of carbonyl (C=O) groups excluding carboxylic acids is 1. The monoisotopic (exact) mass is 436 g/mol. The van der Waals surface area contributed by atoms with E-state index in [1.165, 1.54) is 19.2 Å². The van der Waals surface area contributed by atoms with Crippen molar-refractivity contribution in [3.63, 3.8) is 0 Å². The normalized spacial score (nSPS) is 11.3. The Kier molecular flexibility index (Phi) is 6.14. The van der Waals surface area contributed by atoms with Crippen LogP contribution >= 0.6 is 0 Å². The second-order valence-electron chi connectivity index (χ2n) is 6.59. The lowest BCUT2D eigenvalue weighted by molar-refractivity contribution is -0.137. The Morgan fingerprint density at radius 3 is 2.58 bits per heavy atom. The van der Waals surface area contributed by atoms with Crippen molar-refractivity contribution in [2.75, 3.05) is 17.7 Å². The van der Waals surface area contributed by atoms with E-state index in [1.807, 2.05) is 6.92 Å². The quantitative estimate of drug-likeness (QED) is 0.492. The van der Waals surface area contributed by atoms with E-state index in [0.29, 0.717) is 18.6 Å². The number of halogens is 4. The number of nitrogens with zero attached hydrogens (tertiary/aromatic N) is 3. The summed E-state index contributed by atoms with van der Waals surface area (Å²) in [6, 6.07) is 6.47. The van der Waals surface area contributed by atoms with Crippen LogP contribution in [0.2, 0.25) is 0 Å². The van der Waals surface area contributed by atoms with Crippen molar-refractivity contribution in [1.82, 2.24) is 20.1 Å². The summed E-state index contributed by atoms with van der Waals surface area (Å²) in [6.07, 6.45) is -4.11. The van der Waals surface area contributed by atoms with Gasteiger partial charge in [-0.1, -0.05) is 6.07 Å². The van der Waals surface area contributed by atoms with Gasteiger partial charge in [-0.25, -0.2) is 14.1 Å². The maximum absolute atomic E-state index is 14.4. The number of alkyl halides is 3. The number of pyridine rings is 1. The molecule has 0 atom stereocenters. The molecule has 11 heteroatoms. The lowest BCUT2D eigenvalue weighted by Crippen LogP contribution is -2.20. The van der Waals surface area contributed by atoms with E-state index in [9.17, 15) is 22.4 Å². The van der Waals surface area contributed by atoms with Crippen LogP contribution in [0.1, 0.15) is 28.5 Å². The van der Waals surface area contributed by atoms with Crippen molar-refractivity contribution in [2.24, 2.45) is 0 Å². The zero-order valence-corrected chi connectivity index (χ0v) is 16.9. The maximum Gasteiger partial charge on any atom is 0.419 e. The molecule has 0 unspecified atom stereocenters. The molecule has 0 aliphatic rings. The zero-order valence-electron chi connectivity index (χ0n) is 16.9. The second kappa shape index (κ2) is 8.62. The molecular formula is C20H20F4N6O. The number of para-hydroxylation sites is 1. The average Bonchev–Trinajstić information content (AvgIpc) is 3.07. The SMILES string of the molecule is CCn1nc(C)cc1Nc1cc(Nc2c(F)cccc2C(=O)NC)c(C(F)(F)F)cn1. The molecule has 164 valence electrons. The molecule has 0 aliphatic carbocycles. The van der Waals surface area contributed by atoms with Gasteiger partial charge in [0.1, 0.15) is 17.5 Å². The van der Waals surface area contributed by atoms with Gasteiger partial charge in [0.15, 0.2) is 0 Å². The van der Waals surface area contributed by atoms with Crippen molar-refractivity contribution >= 4 is 28.9 Å². The number of nitrogens with one attached hydrogen (secondary N) is 3. The molecular weight excluding hydrogens is 416 g/mol. The Balaban J connectivity index is 2.06. The fraction of sp³-hybridized carbons (Fsp3) is 0.250. The largest absolute Gasteiger partial charge is 0.419 e. The number of aromatic nitrogens is 3. The van der Waals surface area contributed by atoms with Crippen LogP contribution in [0.15, 0.2) is 36.5 Å². The highest BCUT2D eigenvalue weighted by Gasteiger charge is 2.35. The number of anilines is 4. The van der Waals surface area contributed by atoms with Crippen LogP contribution in [-0.4, -0.2) is 27.7 Å². The standard InChI is InChI=1S/C20H20F4N6O/c1-4-30-17(8-11(2)29-30)28-16-9-15(13(10-26-16)20(22,23)24)27-18-12(19(31)25-3)6-5-7-14(18)21/h5-10H,4H2,1-3H3,(H,25,31)(H2,26,27,28). The Bertz CT molecular complexity index is 1110. The highest BCUT2D eigenvalue weighted by molar-refractivity contribution is 6.00. The van der Waals surface area contributed by atoms with Gasteiger partial charge < -0.3 is 16.0 Å². The minimum Gasteiger partial charge on any atom is -0.355 e. The van der Waals surface area contributed by atoms with Gasteiger partial charge in [0, 0.05) is 31.9 Å². The molecule has 0 fully saturated rings. The van der Waals surface area contributed by atoms with E-state index in [4.69, 9.17) is 0 Å². The van der Waals surface area contributed by atoms with Crippen LogP contribution in [0.5, 0.6) is 0 Å². The van der Waals surface area contributed by atoms with Gasteiger partial charge >= 0.3 is 6.18 Å². The summed E-state index contributed by atoms with van der Waals surface area (Å²) in [6.45, 7) is 4.18. The Hall–Kier alpha value is -3.63. The van der Waals surface area contributed by atoms with Gasteiger partial charge in [-0.3, -0.25) is 4.79 Å².